The van der Waals surface area contributed by atoms with Crippen molar-refractivity contribution in [3.8, 4) is 0 Å². The molecule has 1 N–H and O–H groups in total. The van der Waals surface area contributed by atoms with Crippen LogP contribution in [0.15, 0.2) is 48.5 Å². The molecule has 0 spiro atoms. The van der Waals surface area contributed by atoms with Gasteiger partial charge >= 0.3 is 0 Å². The number of rotatable bonds is 7. The highest BCUT2D eigenvalue weighted by Gasteiger charge is 2.25. The lowest BCUT2D eigenvalue weighted by Crippen LogP contribution is -2.46. The third-order valence-corrected chi connectivity index (χ3v) is 4.46. The van der Waals surface area contributed by atoms with Gasteiger partial charge in [-0.15, -0.1) is 0 Å². The first kappa shape index (κ1) is 19.6. The molecule has 0 aliphatic heterocycles. The number of hydrogen-bond donors (Lipinski definition) is 1. The van der Waals surface area contributed by atoms with Gasteiger partial charge in [-0.3, -0.25) is 9.59 Å². The zero-order chi connectivity index (χ0) is 19.1. The average Bonchev–Trinajstić information content (AvgIpc) is 2.65. The highest BCUT2D eigenvalue weighted by molar-refractivity contribution is 5.87. The maximum Gasteiger partial charge on any atom is 0.242 e. The molecule has 2 aromatic rings. The number of carbonyl (C=O) groups is 2. The molecule has 0 saturated heterocycles. The normalized spacial score (nSPS) is 11.7. The summed E-state index contributed by atoms with van der Waals surface area (Å²) >= 11 is 0. The zero-order valence-corrected chi connectivity index (χ0v) is 15.5. The molecule has 0 aromatic heterocycles. The van der Waals surface area contributed by atoms with Crippen molar-refractivity contribution in [1.29, 1.82) is 0 Å². The molecule has 2 amide bonds. The summed E-state index contributed by atoms with van der Waals surface area (Å²) in [6.45, 7) is 3.73. The first-order valence-corrected chi connectivity index (χ1v) is 8.72. The van der Waals surface area contributed by atoms with Crippen molar-refractivity contribution in [2.75, 3.05) is 7.05 Å². The van der Waals surface area contributed by atoms with Crippen LogP contribution in [0.5, 0.6) is 0 Å². The Labute approximate surface area is 154 Å². The second-order valence-corrected chi connectivity index (χ2v) is 6.39. The van der Waals surface area contributed by atoms with E-state index in [0.717, 1.165) is 11.1 Å². The van der Waals surface area contributed by atoms with E-state index in [1.807, 2.05) is 31.2 Å². The van der Waals surface area contributed by atoms with Crippen molar-refractivity contribution in [3.63, 3.8) is 0 Å². The molecule has 4 nitrogen and oxygen atoms in total. The van der Waals surface area contributed by atoms with E-state index in [4.69, 9.17) is 0 Å². The molecule has 0 aliphatic carbocycles. The first-order valence-electron chi connectivity index (χ1n) is 8.72. The van der Waals surface area contributed by atoms with E-state index in [1.165, 1.54) is 18.0 Å². The van der Waals surface area contributed by atoms with Gasteiger partial charge in [-0.2, -0.15) is 0 Å². The summed E-state index contributed by atoms with van der Waals surface area (Å²) in [5, 5.41) is 2.55. The zero-order valence-electron chi connectivity index (χ0n) is 15.5. The molecular weight excluding hydrogens is 331 g/mol. The molecule has 138 valence electrons. The number of aryl methyl sites for hydroxylation is 2. The van der Waals surface area contributed by atoms with Crippen molar-refractivity contribution in [2.24, 2.45) is 0 Å². The maximum absolute atomic E-state index is 14.0. The van der Waals surface area contributed by atoms with Crippen molar-refractivity contribution < 1.29 is 14.0 Å². The molecule has 26 heavy (non-hydrogen) atoms. The number of hydrogen-bond acceptors (Lipinski definition) is 2. The van der Waals surface area contributed by atoms with E-state index >= 15 is 0 Å². The number of nitrogens with zero attached hydrogens (tertiary/aromatic N) is 1. The maximum atomic E-state index is 14.0. The van der Waals surface area contributed by atoms with Crippen molar-refractivity contribution >= 4 is 11.8 Å². The molecule has 5 heteroatoms. The fourth-order valence-electron chi connectivity index (χ4n) is 2.75. The van der Waals surface area contributed by atoms with Crippen LogP contribution in [0.25, 0.3) is 0 Å². The summed E-state index contributed by atoms with van der Waals surface area (Å²) in [6.07, 6.45) is 0.839. The summed E-state index contributed by atoms with van der Waals surface area (Å²) in [5.41, 5.74) is 2.61. The van der Waals surface area contributed by atoms with Crippen molar-refractivity contribution in [2.45, 2.75) is 39.3 Å². The van der Waals surface area contributed by atoms with Gasteiger partial charge in [-0.05, 0) is 31.9 Å². The topological polar surface area (TPSA) is 49.4 Å². The summed E-state index contributed by atoms with van der Waals surface area (Å²) in [7, 11) is 1.52. The molecule has 0 heterocycles. The second-order valence-electron chi connectivity index (χ2n) is 6.39. The number of halogens is 1. The van der Waals surface area contributed by atoms with E-state index in [9.17, 15) is 14.0 Å². The average molecular weight is 356 g/mol. The van der Waals surface area contributed by atoms with Crippen LogP contribution < -0.4 is 5.32 Å². The minimum atomic E-state index is -0.676. The van der Waals surface area contributed by atoms with E-state index in [2.05, 4.69) is 5.32 Å². The summed E-state index contributed by atoms with van der Waals surface area (Å²) in [4.78, 5) is 26.3. The van der Waals surface area contributed by atoms with Crippen LogP contribution in [0.1, 0.15) is 30.0 Å². The molecule has 2 rings (SSSR count). The van der Waals surface area contributed by atoms with Crippen LogP contribution in [-0.2, 0) is 22.6 Å². The highest BCUT2D eigenvalue weighted by atomic mass is 19.1. The van der Waals surface area contributed by atoms with Gasteiger partial charge in [0.15, 0.2) is 0 Å². The number of carbonyl (C=O) groups excluding carboxylic acids is 2. The van der Waals surface area contributed by atoms with Gasteiger partial charge in [0.2, 0.25) is 11.8 Å². The molecule has 0 saturated carbocycles. The van der Waals surface area contributed by atoms with Gasteiger partial charge in [0, 0.05) is 25.6 Å². The van der Waals surface area contributed by atoms with E-state index in [1.54, 1.807) is 25.1 Å². The summed E-state index contributed by atoms with van der Waals surface area (Å²) in [5.74, 6) is -0.831. The third-order valence-electron chi connectivity index (χ3n) is 4.46. The van der Waals surface area contributed by atoms with Gasteiger partial charge in [0.25, 0.3) is 0 Å². The molecule has 1 unspecified atom stereocenters. The number of nitrogens with one attached hydrogen (secondary N) is 1. The van der Waals surface area contributed by atoms with Gasteiger partial charge in [0.1, 0.15) is 11.9 Å². The van der Waals surface area contributed by atoms with Crippen LogP contribution in [0.3, 0.4) is 0 Å². The Hall–Kier alpha value is -2.69. The Bertz CT molecular complexity index is 759. The Morgan fingerprint density at radius 2 is 1.77 bits per heavy atom. The number of amides is 2. The lowest BCUT2D eigenvalue weighted by Gasteiger charge is -2.28. The quantitative estimate of drug-likeness (QED) is 0.828. The van der Waals surface area contributed by atoms with Gasteiger partial charge in [0.05, 0.1) is 0 Å². The third kappa shape index (κ3) is 5.15. The van der Waals surface area contributed by atoms with E-state index in [-0.39, 0.29) is 30.6 Å². The summed E-state index contributed by atoms with van der Waals surface area (Å²) in [6, 6.07) is 13.6. The smallest absolute Gasteiger partial charge is 0.242 e. The molecule has 0 bridgehead atoms. The summed E-state index contributed by atoms with van der Waals surface area (Å²) < 4.78 is 14.0. The number of benzene rings is 2. The van der Waals surface area contributed by atoms with Crippen LogP contribution >= 0.6 is 0 Å². The lowest BCUT2D eigenvalue weighted by atomic mass is 10.1. The fraction of sp³-hybridized carbons (Fsp3) is 0.333. The molecule has 2 aromatic carbocycles. The van der Waals surface area contributed by atoms with Crippen molar-refractivity contribution in [1.82, 2.24) is 10.2 Å². The molecule has 0 aliphatic rings. The first-order chi connectivity index (χ1) is 12.4. The predicted octanol–water partition coefficient (Wildman–Crippen LogP) is 3.23. The number of likely N-dealkylation sites (N-methyl/N-ethyl adjacent to an activating group) is 1. The Balaban J connectivity index is 2.13. The monoisotopic (exact) mass is 356 g/mol. The standard InChI is InChI=1S/C21H25FN2O2/c1-15-8-10-17(11-9-15)12-13-20(25)24(16(2)21(26)23-3)14-18-6-4-5-7-19(18)22/h4-11,16H,12-14H2,1-3H3,(H,23,26). The molecule has 1 atom stereocenters. The highest BCUT2D eigenvalue weighted by Crippen LogP contribution is 2.15. The Morgan fingerprint density at radius 1 is 1.12 bits per heavy atom. The van der Waals surface area contributed by atoms with Crippen LogP contribution in [0, 0.1) is 12.7 Å². The van der Waals surface area contributed by atoms with Gasteiger partial charge in [-0.1, -0.05) is 48.0 Å². The van der Waals surface area contributed by atoms with Crippen LogP contribution in [0.4, 0.5) is 4.39 Å². The van der Waals surface area contributed by atoms with Gasteiger partial charge < -0.3 is 10.2 Å². The molecule has 0 radical (unpaired) electrons. The minimum Gasteiger partial charge on any atom is -0.357 e. The Kier molecular flexibility index (Phi) is 6.89. The van der Waals surface area contributed by atoms with Crippen LogP contribution in [0.2, 0.25) is 0 Å². The SMILES string of the molecule is CNC(=O)C(C)N(Cc1ccccc1F)C(=O)CCc1ccc(C)cc1. The van der Waals surface area contributed by atoms with Gasteiger partial charge in [-0.25, -0.2) is 4.39 Å². The largest absolute Gasteiger partial charge is 0.357 e. The van der Waals surface area contributed by atoms with Crippen LogP contribution in [-0.4, -0.2) is 29.8 Å². The second kappa shape index (κ2) is 9.13. The van der Waals surface area contributed by atoms with E-state index in [0.29, 0.717) is 12.0 Å². The molecule has 0 fully saturated rings. The van der Waals surface area contributed by atoms with E-state index < -0.39 is 6.04 Å². The van der Waals surface area contributed by atoms with Crippen molar-refractivity contribution in [3.05, 3.63) is 71.0 Å². The fourth-order valence-corrected chi connectivity index (χ4v) is 2.75. The lowest BCUT2D eigenvalue weighted by molar-refractivity contribution is -0.140. The minimum absolute atomic E-state index is 0.0635. The Morgan fingerprint density at radius 3 is 2.38 bits per heavy atom. The molecular formula is C21H25FN2O2. The predicted molar refractivity (Wildman–Crippen MR) is 100.0 cm³/mol.